The number of ether oxygens (including phenoxy) is 1. The van der Waals surface area contributed by atoms with E-state index in [1.807, 2.05) is 19.9 Å². The van der Waals surface area contributed by atoms with E-state index in [9.17, 15) is 9.59 Å². The number of benzene rings is 2. The van der Waals surface area contributed by atoms with Crippen molar-refractivity contribution in [2.75, 3.05) is 11.9 Å². The Hall–Kier alpha value is -2.33. The van der Waals surface area contributed by atoms with Gasteiger partial charge in [-0.3, -0.25) is 4.79 Å². The van der Waals surface area contributed by atoms with Crippen molar-refractivity contribution >= 4 is 29.2 Å². The van der Waals surface area contributed by atoms with Gasteiger partial charge in [-0.15, -0.1) is 0 Å². The molecule has 0 aliphatic carbocycles. The molecule has 1 N–H and O–H groups in total. The maximum atomic E-state index is 11.9. The lowest BCUT2D eigenvalue weighted by Crippen LogP contribution is -2.21. The Bertz CT molecular complexity index is 713. The van der Waals surface area contributed by atoms with Gasteiger partial charge < -0.3 is 10.1 Å². The number of amides is 1. The second-order valence-corrected chi connectivity index (χ2v) is 5.31. The van der Waals surface area contributed by atoms with Crippen LogP contribution in [0.4, 0.5) is 5.69 Å². The monoisotopic (exact) mass is 317 g/mol. The van der Waals surface area contributed by atoms with Crippen LogP contribution in [0.5, 0.6) is 0 Å². The fourth-order valence-electron chi connectivity index (χ4n) is 1.83. The first-order valence-corrected chi connectivity index (χ1v) is 7.14. The fraction of sp³-hybridized carbons (Fsp3) is 0.176. The van der Waals surface area contributed by atoms with Crippen LogP contribution in [-0.2, 0) is 9.53 Å². The van der Waals surface area contributed by atoms with Gasteiger partial charge in [0.1, 0.15) is 0 Å². The highest BCUT2D eigenvalue weighted by molar-refractivity contribution is 6.33. The molecule has 0 unspecified atom stereocenters. The molecule has 0 aromatic heterocycles. The molecule has 0 atom stereocenters. The van der Waals surface area contributed by atoms with Crippen molar-refractivity contribution in [2.45, 2.75) is 13.8 Å². The Balaban J connectivity index is 1.92. The molecule has 0 fully saturated rings. The topological polar surface area (TPSA) is 55.4 Å². The zero-order valence-corrected chi connectivity index (χ0v) is 13.1. The molecule has 0 heterocycles. The molecule has 0 saturated heterocycles. The molecule has 2 aromatic rings. The molecule has 0 saturated carbocycles. The number of aryl methyl sites for hydroxylation is 2. The van der Waals surface area contributed by atoms with E-state index in [0.29, 0.717) is 16.3 Å². The molecule has 0 radical (unpaired) electrons. The van der Waals surface area contributed by atoms with Crippen molar-refractivity contribution in [3.05, 3.63) is 64.2 Å². The Morgan fingerprint density at radius 3 is 2.50 bits per heavy atom. The summed E-state index contributed by atoms with van der Waals surface area (Å²) in [6.07, 6.45) is 0. The molecular formula is C17H16ClNO3. The number of nitrogens with one attached hydrogen (secondary N) is 1. The predicted octanol–water partition coefficient (Wildman–Crippen LogP) is 3.75. The molecule has 0 aliphatic rings. The summed E-state index contributed by atoms with van der Waals surface area (Å²) in [5.41, 5.74) is 2.99. The van der Waals surface area contributed by atoms with Crippen LogP contribution in [0.3, 0.4) is 0 Å². The van der Waals surface area contributed by atoms with Crippen LogP contribution < -0.4 is 5.32 Å². The van der Waals surface area contributed by atoms with Gasteiger partial charge >= 0.3 is 5.97 Å². The van der Waals surface area contributed by atoms with E-state index in [1.54, 1.807) is 36.4 Å². The van der Waals surface area contributed by atoms with E-state index in [-0.39, 0.29) is 6.61 Å². The second kappa shape index (κ2) is 7.09. The highest BCUT2D eigenvalue weighted by Crippen LogP contribution is 2.20. The summed E-state index contributed by atoms with van der Waals surface area (Å²) in [5.74, 6) is -0.970. The summed E-state index contributed by atoms with van der Waals surface area (Å²) < 4.78 is 5.00. The molecule has 22 heavy (non-hydrogen) atoms. The fourth-order valence-corrected chi connectivity index (χ4v) is 2.01. The maximum absolute atomic E-state index is 11.9. The minimum Gasteiger partial charge on any atom is -0.452 e. The summed E-state index contributed by atoms with van der Waals surface area (Å²) in [4.78, 5) is 23.7. The third kappa shape index (κ3) is 4.09. The first-order valence-electron chi connectivity index (χ1n) is 6.76. The molecule has 114 valence electrons. The predicted molar refractivity (Wildman–Crippen MR) is 86.3 cm³/mol. The van der Waals surface area contributed by atoms with Gasteiger partial charge in [0, 0.05) is 0 Å². The molecule has 1 amide bonds. The van der Waals surface area contributed by atoms with Crippen LogP contribution in [0.1, 0.15) is 21.5 Å². The molecule has 0 aliphatic heterocycles. The number of hydrogen-bond acceptors (Lipinski definition) is 3. The van der Waals surface area contributed by atoms with Crippen molar-refractivity contribution in [1.82, 2.24) is 0 Å². The third-order valence-corrected chi connectivity index (χ3v) is 3.55. The van der Waals surface area contributed by atoms with Crippen molar-refractivity contribution in [3.8, 4) is 0 Å². The molecule has 5 heteroatoms. The van der Waals surface area contributed by atoms with E-state index >= 15 is 0 Å². The largest absolute Gasteiger partial charge is 0.452 e. The highest BCUT2D eigenvalue weighted by Gasteiger charge is 2.11. The van der Waals surface area contributed by atoms with Crippen LogP contribution in [0.25, 0.3) is 0 Å². The lowest BCUT2D eigenvalue weighted by Gasteiger charge is -2.08. The van der Waals surface area contributed by atoms with Gasteiger partial charge in [0.05, 0.1) is 16.3 Å². The molecular weight excluding hydrogens is 302 g/mol. The zero-order chi connectivity index (χ0) is 16.1. The number of carbonyl (C=O) groups is 2. The minimum absolute atomic E-state index is 0.364. The maximum Gasteiger partial charge on any atom is 0.338 e. The van der Waals surface area contributed by atoms with Crippen LogP contribution in [0.2, 0.25) is 5.02 Å². The van der Waals surface area contributed by atoms with Gasteiger partial charge in [-0.05, 0) is 49.2 Å². The number of rotatable bonds is 4. The van der Waals surface area contributed by atoms with E-state index in [0.717, 1.165) is 11.1 Å². The normalized spacial score (nSPS) is 10.1. The van der Waals surface area contributed by atoms with Crippen molar-refractivity contribution < 1.29 is 14.3 Å². The van der Waals surface area contributed by atoms with Crippen molar-refractivity contribution in [2.24, 2.45) is 0 Å². The standard InChI is InChI=1S/C17H16ClNO3/c1-11-7-8-13(9-12(11)2)17(21)22-10-16(20)19-15-6-4-3-5-14(15)18/h3-9H,10H2,1-2H3,(H,19,20). The number of carbonyl (C=O) groups excluding carboxylic acids is 2. The first kappa shape index (κ1) is 16.0. The number of anilines is 1. The number of hydrogen-bond donors (Lipinski definition) is 1. The summed E-state index contributed by atoms with van der Waals surface area (Å²) in [6, 6.07) is 12.1. The van der Waals surface area contributed by atoms with Gasteiger partial charge in [-0.1, -0.05) is 29.8 Å². The van der Waals surface area contributed by atoms with E-state index in [1.165, 1.54) is 0 Å². The van der Waals surface area contributed by atoms with Gasteiger partial charge in [0.25, 0.3) is 5.91 Å². The SMILES string of the molecule is Cc1ccc(C(=O)OCC(=O)Nc2ccccc2Cl)cc1C. The Kier molecular flexibility index (Phi) is 5.17. The quantitative estimate of drug-likeness (QED) is 0.874. The Morgan fingerprint density at radius 2 is 1.82 bits per heavy atom. The Morgan fingerprint density at radius 1 is 1.09 bits per heavy atom. The van der Waals surface area contributed by atoms with Crippen LogP contribution in [0, 0.1) is 13.8 Å². The van der Waals surface area contributed by atoms with Crippen LogP contribution >= 0.6 is 11.6 Å². The van der Waals surface area contributed by atoms with Crippen molar-refractivity contribution in [3.63, 3.8) is 0 Å². The summed E-state index contributed by atoms with van der Waals surface area (Å²) in [7, 11) is 0. The van der Waals surface area contributed by atoms with Gasteiger partial charge in [0.15, 0.2) is 6.61 Å². The number of para-hydroxylation sites is 1. The van der Waals surface area contributed by atoms with E-state index in [2.05, 4.69) is 5.32 Å². The summed E-state index contributed by atoms with van der Waals surface area (Å²) in [5, 5.41) is 3.02. The lowest BCUT2D eigenvalue weighted by molar-refractivity contribution is -0.119. The average Bonchev–Trinajstić information content (AvgIpc) is 2.50. The highest BCUT2D eigenvalue weighted by atomic mass is 35.5. The molecule has 4 nitrogen and oxygen atoms in total. The molecule has 0 spiro atoms. The van der Waals surface area contributed by atoms with E-state index < -0.39 is 11.9 Å². The van der Waals surface area contributed by atoms with Crippen molar-refractivity contribution in [1.29, 1.82) is 0 Å². The smallest absolute Gasteiger partial charge is 0.338 e. The van der Waals surface area contributed by atoms with Gasteiger partial charge in [0.2, 0.25) is 0 Å². The second-order valence-electron chi connectivity index (χ2n) is 4.90. The lowest BCUT2D eigenvalue weighted by atomic mass is 10.1. The average molecular weight is 318 g/mol. The number of esters is 1. The van der Waals surface area contributed by atoms with Crippen LogP contribution in [0.15, 0.2) is 42.5 Å². The molecule has 2 aromatic carbocycles. The van der Waals surface area contributed by atoms with Gasteiger partial charge in [-0.2, -0.15) is 0 Å². The van der Waals surface area contributed by atoms with Gasteiger partial charge in [-0.25, -0.2) is 4.79 Å². The van der Waals surface area contributed by atoms with E-state index in [4.69, 9.17) is 16.3 Å². The first-order chi connectivity index (χ1) is 10.5. The molecule has 2 rings (SSSR count). The summed E-state index contributed by atoms with van der Waals surface area (Å²) >= 11 is 5.94. The third-order valence-electron chi connectivity index (χ3n) is 3.22. The minimum atomic E-state index is -0.530. The Labute approximate surface area is 134 Å². The van der Waals surface area contributed by atoms with Crippen LogP contribution in [-0.4, -0.2) is 18.5 Å². The number of halogens is 1. The summed E-state index contributed by atoms with van der Waals surface area (Å²) in [6.45, 7) is 3.51. The molecule has 0 bridgehead atoms. The zero-order valence-electron chi connectivity index (χ0n) is 12.4.